The van der Waals surface area contributed by atoms with Crippen LogP contribution in [0.5, 0.6) is 0 Å². The highest BCUT2D eigenvalue weighted by Crippen LogP contribution is 2.42. The largest absolute Gasteiger partial charge is 0.369 e. The third kappa shape index (κ3) is 3.92. The van der Waals surface area contributed by atoms with Crippen molar-refractivity contribution in [1.29, 1.82) is 0 Å². The zero-order valence-corrected chi connectivity index (χ0v) is 20.3. The standard InChI is InChI=1S/C24H24BrN3O2S/c1-14-13-24(2,3)27(4)20-10-5-15(11-18(14)20)12-19-21(29)26-23(31)28(22(19)30)17-8-6-16(25)7-9-17/h5-12,14H,13H2,1-4H3,(H,26,29,31)/b19-12+/t14-/m1/s1. The molecule has 2 aliphatic rings. The molecular weight excluding hydrogens is 474 g/mol. The Bertz CT molecular complexity index is 1120. The SMILES string of the molecule is C[C@@H]1CC(C)(C)N(C)c2ccc(/C=C3\C(=O)NC(=S)N(c4ccc(Br)cc4)C3=O)cc21. The summed E-state index contributed by atoms with van der Waals surface area (Å²) in [5, 5.41) is 2.72. The van der Waals surface area contributed by atoms with Gasteiger partial charge in [-0.2, -0.15) is 0 Å². The van der Waals surface area contributed by atoms with E-state index in [1.807, 2.05) is 18.2 Å². The van der Waals surface area contributed by atoms with Crippen LogP contribution < -0.4 is 15.1 Å². The first-order chi connectivity index (χ1) is 14.6. The van der Waals surface area contributed by atoms with Crippen LogP contribution in [0.4, 0.5) is 11.4 Å². The van der Waals surface area contributed by atoms with Crippen LogP contribution in [0, 0.1) is 0 Å². The topological polar surface area (TPSA) is 52.7 Å². The first-order valence-corrected chi connectivity index (χ1v) is 11.3. The lowest BCUT2D eigenvalue weighted by Crippen LogP contribution is -2.54. The molecule has 2 aromatic rings. The van der Waals surface area contributed by atoms with Crippen molar-refractivity contribution in [2.24, 2.45) is 0 Å². The number of carbonyl (C=O) groups excluding carboxylic acids is 2. The van der Waals surface area contributed by atoms with Crippen molar-refractivity contribution in [3.63, 3.8) is 0 Å². The second kappa shape index (κ2) is 7.88. The molecule has 31 heavy (non-hydrogen) atoms. The molecule has 2 aromatic carbocycles. The van der Waals surface area contributed by atoms with Crippen molar-refractivity contribution in [2.75, 3.05) is 16.8 Å². The summed E-state index contributed by atoms with van der Waals surface area (Å²) in [6.45, 7) is 6.70. The summed E-state index contributed by atoms with van der Waals surface area (Å²) in [6.07, 6.45) is 2.68. The lowest BCUT2D eigenvalue weighted by molar-refractivity contribution is -0.122. The average Bonchev–Trinajstić information content (AvgIpc) is 2.70. The molecule has 7 heteroatoms. The normalized spacial score (nSPS) is 21.9. The maximum atomic E-state index is 13.2. The number of anilines is 2. The van der Waals surface area contributed by atoms with E-state index in [2.05, 4.69) is 66.1 Å². The Morgan fingerprint density at radius 3 is 2.52 bits per heavy atom. The van der Waals surface area contributed by atoms with Crippen LogP contribution in [0.25, 0.3) is 6.08 Å². The van der Waals surface area contributed by atoms with Crippen LogP contribution >= 0.6 is 28.1 Å². The molecule has 0 aliphatic carbocycles. The minimum absolute atomic E-state index is 0.0635. The number of nitrogens with one attached hydrogen (secondary N) is 1. The second-order valence-electron chi connectivity index (χ2n) is 8.73. The van der Waals surface area contributed by atoms with Gasteiger partial charge in [-0.3, -0.25) is 19.8 Å². The summed E-state index contributed by atoms with van der Waals surface area (Å²) in [4.78, 5) is 29.5. The molecule has 1 saturated heterocycles. The molecule has 4 rings (SSSR count). The number of thiocarbonyl (C=S) groups is 1. The van der Waals surface area contributed by atoms with Crippen LogP contribution in [0.1, 0.15) is 44.2 Å². The minimum Gasteiger partial charge on any atom is -0.369 e. The Morgan fingerprint density at radius 2 is 1.84 bits per heavy atom. The quantitative estimate of drug-likeness (QED) is 0.360. The zero-order valence-electron chi connectivity index (χ0n) is 17.9. The van der Waals surface area contributed by atoms with E-state index in [4.69, 9.17) is 12.2 Å². The molecule has 2 aliphatic heterocycles. The van der Waals surface area contributed by atoms with E-state index in [1.54, 1.807) is 18.2 Å². The molecule has 2 amide bonds. The highest BCUT2D eigenvalue weighted by Gasteiger charge is 2.36. The molecule has 0 radical (unpaired) electrons. The molecule has 0 spiro atoms. The first kappa shape index (κ1) is 21.7. The molecule has 0 saturated carbocycles. The summed E-state index contributed by atoms with van der Waals surface area (Å²) < 4.78 is 0.891. The van der Waals surface area contributed by atoms with E-state index >= 15 is 0 Å². The highest BCUT2D eigenvalue weighted by atomic mass is 79.9. The van der Waals surface area contributed by atoms with Gasteiger partial charge in [0.2, 0.25) is 0 Å². The smallest absolute Gasteiger partial charge is 0.270 e. The second-order valence-corrected chi connectivity index (χ2v) is 10.0. The predicted molar refractivity (Wildman–Crippen MR) is 132 cm³/mol. The van der Waals surface area contributed by atoms with Gasteiger partial charge in [-0.15, -0.1) is 0 Å². The fourth-order valence-electron chi connectivity index (χ4n) is 4.33. The molecule has 2 heterocycles. The van der Waals surface area contributed by atoms with Crippen molar-refractivity contribution in [1.82, 2.24) is 5.32 Å². The van der Waals surface area contributed by atoms with Crippen LogP contribution in [0.3, 0.4) is 0 Å². The Labute approximate surface area is 196 Å². The van der Waals surface area contributed by atoms with E-state index in [0.717, 1.165) is 16.5 Å². The molecule has 0 aromatic heterocycles. The Hall–Kier alpha value is -2.51. The van der Waals surface area contributed by atoms with Gasteiger partial charge in [0.25, 0.3) is 11.8 Å². The summed E-state index contributed by atoms with van der Waals surface area (Å²) in [5.41, 5.74) is 3.97. The van der Waals surface area contributed by atoms with Crippen molar-refractivity contribution in [3.8, 4) is 0 Å². The molecule has 1 fully saturated rings. The molecule has 1 N–H and O–H groups in total. The number of hydrogen-bond acceptors (Lipinski definition) is 4. The number of benzene rings is 2. The zero-order chi connectivity index (χ0) is 22.5. The summed E-state index contributed by atoms with van der Waals surface area (Å²) >= 11 is 8.66. The van der Waals surface area contributed by atoms with Gasteiger partial charge in [-0.25, -0.2) is 0 Å². The number of halogens is 1. The lowest BCUT2D eigenvalue weighted by atomic mass is 9.80. The van der Waals surface area contributed by atoms with E-state index in [1.165, 1.54) is 16.2 Å². The fourth-order valence-corrected chi connectivity index (χ4v) is 4.88. The van der Waals surface area contributed by atoms with E-state index < -0.39 is 11.8 Å². The van der Waals surface area contributed by atoms with Crippen LogP contribution in [0.2, 0.25) is 0 Å². The number of carbonyl (C=O) groups is 2. The number of hydrogen-bond donors (Lipinski definition) is 1. The molecule has 1 atom stereocenters. The van der Waals surface area contributed by atoms with Crippen LogP contribution in [-0.2, 0) is 9.59 Å². The average molecular weight is 498 g/mol. The predicted octanol–water partition coefficient (Wildman–Crippen LogP) is 5.00. The number of amides is 2. The van der Waals surface area contributed by atoms with Crippen LogP contribution in [0.15, 0.2) is 52.5 Å². The number of fused-ring (bicyclic) bond motifs is 1. The summed E-state index contributed by atoms with van der Waals surface area (Å²) in [5.74, 6) is -0.533. The van der Waals surface area contributed by atoms with Gasteiger partial charge in [0.1, 0.15) is 5.57 Å². The Kier molecular flexibility index (Phi) is 5.52. The Balaban J connectivity index is 1.72. The monoisotopic (exact) mass is 497 g/mol. The summed E-state index contributed by atoms with van der Waals surface area (Å²) in [6, 6.07) is 13.3. The number of nitrogens with zero attached hydrogens (tertiary/aromatic N) is 2. The summed E-state index contributed by atoms with van der Waals surface area (Å²) in [7, 11) is 2.11. The molecule has 5 nitrogen and oxygen atoms in total. The van der Waals surface area contributed by atoms with Crippen molar-refractivity contribution < 1.29 is 9.59 Å². The first-order valence-electron chi connectivity index (χ1n) is 10.1. The molecule has 0 unspecified atom stereocenters. The van der Waals surface area contributed by atoms with Gasteiger partial charge in [0, 0.05) is 22.7 Å². The van der Waals surface area contributed by atoms with Gasteiger partial charge in [0.05, 0.1) is 5.69 Å². The van der Waals surface area contributed by atoms with Crippen molar-refractivity contribution in [2.45, 2.75) is 38.6 Å². The van der Waals surface area contributed by atoms with Crippen molar-refractivity contribution >= 4 is 62.5 Å². The van der Waals surface area contributed by atoms with E-state index in [9.17, 15) is 9.59 Å². The third-order valence-electron chi connectivity index (χ3n) is 6.16. The van der Waals surface area contributed by atoms with Gasteiger partial charge < -0.3 is 4.90 Å². The number of rotatable bonds is 2. The molecular formula is C24H24BrN3O2S. The van der Waals surface area contributed by atoms with Gasteiger partial charge in [0.15, 0.2) is 5.11 Å². The van der Waals surface area contributed by atoms with Crippen molar-refractivity contribution in [3.05, 3.63) is 63.6 Å². The van der Waals surface area contributed by atoms with Gasteiger partial charge >= 0.3 is 0 Å². The van der Waals surface area contributed by atoms with Crippen LogP contribution in [-0.4, -0.2) is 29.5 Å². The van der Waals surface area contributed by atoms with E-state index in [-0.39, 0.29) is 16.2 Å². The maximum Gasteiger partial charge on any atom is 0.270 e. The van der Waals surface area contributed by atoms with E-state index in [0.29, 0.717) is 11.6 Å². The highest BCUT2D eigenvalue weighted by molar-refractivity contribution is 9.10. The molecule has 0 bridgehead atoms. The van der Waals surface area contributed by atoms with Gasteiger partial charge in [-0.05, 0) is 92.0 Å². The minimum atomic E-state index is -0.479. The molecule has 160 valence electrons. The Morgan fingerprint density at radius 1 is 1.16 bits per heavy atom. The fraction of sp³-hybridized carbons (Fsp3) is 0.292. The maximum absolute atomic E-state index is 13.2. The van der Waals surface area contributed by atoms with Gasteiger partial charge in [-0.1, -0.05) is 28.9 Å². The third-order valence-corrected chi connectivity index (χ3v) is 6.97. The lowest BCUT2D eigenvalue weighted by Gasteiger charge is -2.45.